The Hall–Kier alpha value is -0.0600. The molecule has 1 aromatic heterocycles. The van der Waals surface area contributed by atoms with Gasteiger partial charge in [0.15, 0.2) is 0 Å². The summed E-state index contributed by atoms with van der Waals surface area (Å²) in [4.78, 5) is 3.93. The first-order chi connectivity index (χ1) is 6.79. The van der Waals surface area contributed by atoms with Crippen LogP contribution in [0.2, 0.25) is 10.0 Å². The molecule has 3 nitrogen and oxygen atoms in total. The van der Waals surface area contributed by atoms with Gasteiger partial charge in [-0.25, -0.2) is 0 Å². The highest BCUT2D eigenvalue weighted by Gasteiger charge is 2.19. The zero-order valence-electron chi connectivity index (χ0n) is 7.96. The Morgan fingerprint density at radius 1 is 1.20 bits per heavy atom. The van der Waals surface area contributed by atoms with Crippen LogP contribution >= 0.6 is 35.6 Å². The Bertz CT molecular complexity index is 306. The zero-order valence-corrected chi connectivity index (χ0v) is 10.3. The number of halogens is 3. The fourth-order valence-electron chi connectivity index (χ4n) is 1.61. The predicted molar refractivity (Wildman–Crippen MR) is 65.1 cm³/mol. The van der Waals surface area contributed by atoms with Gasteiger partial charge in [0.25, 0.3) is 0 Å². The molecule has 0 radical (unpaired) electrons. The number of pyridine rings is 1. The van der Waals surface area contributed by atoms with Gasteiger partial charge in [0, 0.05) is 43.6 Å². The average Bonchev–Trinajstić information content (AvgIpc) is 2.19. The molecule has 0 amide bonds. The van der Waals surface area contributed by atoms with Gasteiger partial charge in [0.1, 0.15) is 0 Å². The van der Waals surface area contributed by atoms with Gasteiger partial charge in [-0.15, -0.1) is 12.4 Å². The topological polar surface area (TPSA) is 37.0 Å². The largest absolute Gasteiger partial charge is 0.314 e. The second-order valence-corrected chi connectivity index (χ2v) is 4.04. The highest BCUT2D eigenvalue weighted by Crippen LogP contribution is 2.29. The van der Waals surface area contributed by atoms with Crippen molar-refractivity contribution in [2.45, 2.75) is 6.04 Å². The second-order valence-electron chi connectivity index (χ2n) is 3.23. The third-order valence-corrected chi connectivity index (χ3v) is 2.88. The molecule has 84 valence electrons. The molecule has 2 heterocycles. The number of nitrogens with one attached hydrogen (secondary N) is 2. The van der Waals surface area contributed by atoms with Gasteiger partial charge in [-0.3, -0.25) is 4.98 Å². The minimum atomic E-state index is 0. The molecule has 1 fully saturated rings. The van der Waals surface area contributed by atoms with Crippen molar-refractivity contribution in [1.29, 1.82) is 0 Å². The Morgan fingerprint density at radius 3 is 2.40 bits per heavy atom. The third kappa shape index (κ3) is 2.95. The molecule has 15 heavy (non-hydrogen) atoms. The summed E-state index contributed by atoms with van der Waals surface area (Å²) in [6.45, 7) is 2.76. The van der Waals surface area contributed by atoms with Crippen LogP contribution in [0.1, 0.15) is 11.6 Å². The lowest BCUT2D eigenvalue weighted by Crippen LogP contribution is -2.42. The van der Waals surface area contributed by atoms with Crippen LogP contribution in [0, 0.1) is 0 Å². The lowest BCUT2D eigenvalue weighted by molar-refractivity contribution is 0.430. The van der Waals surface area contributed by atoms with Crippen LogP contribution in [0.5, 0.6) is 0 Å². The van der Waals surface area contributed by atoms with E-state index in [2.05, 4.69) is 15.6 Å². The summed E-state index contributed by atoms with van der Waals surface area (Å²) in [5.41, 5.74) is 0.940. The van der Waals surface area contributed by atoms with Gasteiger partial charge in [-0.2, -0.15) is 0 Å². The number of rotatable bonds is 1. The molecule has 0 spiro atoms. The first-order valence-electron chi connectivity index (χ1n) is 4.52. The molecule has 1 aliphatic heterocycles. The molecule has 0 bridgehead atoms. The quantitative estimate of drug-likeness (QED) is 0.818. The van der Waals surface area contributed by atoms with Crippen molar-refractivity contribution >= 4 is 35.6 Å². The van der Waals surface area contributed by atoms with E-state index >= 15 is 0 Å². The fraction of sp³-hybridized carbons (Fsp3) is 0.444. The van der Waals surface area contributed by atoms with Crippen LogP contribution in [0.4, 0.5) is 0 Å². The van der Waals surface area contributed by atoms with Crippen LogP contribution < -0.4 is 10.6 Å². The summed E-state index contributed by atoms with van der Waals surface area (Å²) in [6.07, 6.45) is 3.25. The molecule has 0 unspecified atom stereocenters. The molecule has 0 aromatic carbocycles. The van der Waals surface area contributed by atoms with Gasteiger partial charge < -0.3 is 10.6 Å². The highest BCUT2D eigenvalue weighted by molar-refractivity contribution is 6.35. The summed E-state index contributed by atoms with van der Waals surface area (Å²) in [5.74, 6) is 0. The number of hydrogen-bond acceptors (Lipinski definition) is 3. The van der Waals surface area contributed by atoms with E-state index in [1.807, 2.05) is 0 Å². The van der Waals surface area contributed by atoms with E-state index in [9.17, 15) is 0 Å². The van der Waals surface area contributed by atoms with Crippen molar-refractivity contribution in [3.8, 4) is 0 Å². The van der Waals surface area contributed by atoms with Crippen molar-refractivity contribution in [1.82, 2.24) is 15.6 Å². The molecule has 1 atom stereocenters. The van der Waals surface area contributed by atoms with Crippen molar-refractivity contribution in [3.63, 3.8) is 0 Å². The summed E-state index contributed by atoms with van der Waals surface area (Å²) < 4.78 is 0. The van der Waals surface area contributed by atoms with E-state index in [4.69, 9.17) is 23.2 Å². The Kier molecular flexibility index (Phi) is 5.09. The van der Waals surface area contributed by atoms with Crippen LogP contribution in [0.15, 0.2) is 12.4 Å². The van der Waals surface area contributed by atoms with Gasteiger partial charge in [0.05, 0.1) is 10.0 Å². The smallest absolute Gasteiger partial charge is 0.0652 e. The van der Waals surface area contributed by atoms with Gasteiger partial charge in [-0.1, -0.05) is 23.2 Å². The van der Waals surface area contributed by atoms with Crippen molar-refractivity contribution in [2.24, 2.45) is 0 Å². The Labute approximate surface area is 105 Å². The summed E-state index contributed by atoms with van der Waals surface area (Å²) in [7, 11) is 0. The maximum Gasteiger partial charge on any atom is 0.0652 e. The van der Waals surface area contributed by atoms with Gasteiger partial charge in [0.2, 0.25) is 0 Å². The molecule has 0 saturated carbocycles. The predicted octanol–water partition coefficient (Wildman–Crippen LogP) is 2.04. The Morgan fingerprint density at radius 2 is 1.87 bits per heavy atom. The van der Waals surface area contributed by atoms with Crippen LogP contribution in [-0.4, -0.2) is 24.6 Å². The van der Waals surface area contributed by atoms with Crippen molar-refractivity contribution in [2.75, 3.05) is 19.6 Å². The lowest BCUT2D eigenvalue weighted by atomic mass is 10.1. The van der Waals surface area contributed by atoms with Crippen LogP contribution in [-0.2, 0) is 0 Å². The minimum absolute atomic E-state index is 0. The molecule has 1 aromatic rings. The number of nitrogens with zero attached hydrogens (tertiary/aromatic N) is 1. The molecule has 1 aliphatic rings. The van der Waals surface area contributed by atoms with E-state index in [1.54, 1.807) is 12.4 Å². The molecule has 2 rings (SSSR count). The Balaban J connectivity index is 0.00000112. The van der Waals surface area contributed by atoms with E-state index in [1.165, 1.54) is 0 Å². The molecule has 6 heteroatoms. The minimum Gasteiger partial charge on any atom is -0.314 e. The monoisotopic (exact) mass is 267 g/mol. The molecule has 2 N–H and O–H groups in total. The molecular formula is C9H12Cl3N3. The number of piperazine rings is 1. The van der Waals surface area contributed by atoms with Crippen LogP contribution in [0.3, 0.4) is 0 Å². The van der Waals surface area contributed by atoms with Gasteiger partial charge in [-0.05, 0) is 0 Å². The van der Waals surface area contributed by atoms with E-state index in [0.717, 1.165) is 25.2 Å². The first-order valence-corrected chi connectivity index (χ1v) is 5.27. The number of aromatic nitrogens is 1. The van der Waals surface area contributed by atoms with E-state index in [-0.39, 0.29) is 18.4 Å². The van der Waals surface area contributed by atoms with E-state index < -0.39 is 0 Å². The normalized spacial score (nSPS) is 20.8. The summed E-state index contributed by atoms with van der Waals surface area (Å²) in [5, 5.41) is 7.89. The molecule has 0 aliphatic carbocycles. The van der Waals surface area contributed by atoms with Crippen LogP contribution in [0.25, 0.3) is 0 Å². The van der Waals surface area contributed by atoms with Gasteiger partial charge >= 0.3 is 0 Å². The zero-order chi connectivity index (χ0) is 9.97. The first kappa shape index (κ1) is 13.0. The summed E-state index contributed by atoms with van der Waals surface area (Å²) >= 11 is 12.1. The van der Waals surface area contributed by atoms with Crippen molar-refractivity contribution < 1.29 is 0 Å². The van der Waals surface area contributed by atoms with E-state index in [0.29, 0.717) is 10.0 Å². The SMILES string of the molecule is Cl.Clc1cncc(Cl)c1[C@@H]1CNCCN1. The second kappa shape index (κ2) is 5.87. The highest BCUT2D eigenvalue weighted by atomic mass is 35.5. The standard InChI is InChI=1S/C9H11Cl2N3.ClH/c10-6-3-13-4-7(11)9(6)8-5-12-1-2-14-8;/h3-4,8,12,14H,1-2,5H2;1H/t8-;/m0./s1. The average molecular weight is 269 g/mol. The molecular weight excluding hydrogens is 256 g/mol. The summed E-state index contributed by atoms with van der Waals surface area (Å²) in [6, 6.07) is 0.187. The lowest BCUT2D eigenvalue weighted by Gasteiger charge is -2.26. The number of hydrogen-bond donors (Lipinski definition) is 2. The third-order valence-electron chi connectivity index (χ3n) is 2.28. The maximum atomic E-state index is 6.05. The molecule has 1 saturated heterocycles. The van der Waals surface area contributed by atoms with Crippen molar-refractivity contribution in [3.05, 3.63) is 28.0 Å². The maximum absolute atomic E-state index is 6.05. The fourth-order valence-corrected chi connectivity index (χ4v) is 2.24.